The first-order valence-corrected chi connectivity index (χ1v) is 8.19. The van der Waals surface area contributed by atoms with E-state index < -0.39 is 17.8 Å². The van der Waals surface area contributed by atoms with Gasteiger partial charge >= 0.3 is 12.2 Å². The number of aromatic nitrogens is 2. The van der Waals surface area contributed by atoms with Crippen molar-refractivity contribution in [3.05, 3.63) is 53.3 Å². The molecule has 1 N–H and O–H groups in total. The molecule has 0 bridgehead atoms. The van der Waals surface area contributed by atoms with Crippen LogP contribution < -0.4 is 0 Å². The van der Waals surface area contributed by atoms with E-state index in [0.29, 0.717) is 38.9 Å². The maximum absolute atomic E-state index is 12.6. The molecule has 0 saturated carbocycles. The molecule has 0 spiro atoms. The number of nitrogens with zero attached hydrogens (tertiary/aromatic N) is 4. The third-order valence-corrected chi connectivity index (χ3v) is 4.33. The van der Waals surface area contributed by atoms with Crippen LogP contribution in [0.1, 0.15) is 16.7 Å². The van der Waals surface area contributed by atoms with Crippen molar-refractivity contribution in [3.63, 3.8) is 0 Å². The average Bonchev–Trinajstić information content (AvgIpc) is 3.12. The molecule has 26 heavy (non-hydrogen) atoms. The number of hydrogen-bond donors (Lipinski definition) is 1. The molecular formula is C17H19F3N4O2. The molecule has 0 aliphatic carbocycles. The Hall–Kier alpha value is -2.39. The lowest BCUT2D eigenvalue weighted by atomic mass is 10.1. The van der Waals surface area contributed by atoms with Gasteiger partial charge in [-0.05, 0) is 11.1 Å². The molecule has 2 heterocycles. The maximum atomic E-state index is 12.6. The topological polar surface area (TPSA) is 61.6 Å². The van der Waals surface area contributed by atoms with Crippen molar-refractivity contribution in [1.29, 1.82) is 0 Å². The molecule has 0 atom stereocenters. The van der Waals surface area contributed by atoms with E-state index in [1.165, 1.54) is 4.90 Å². The highest BCUT2D eigenvalue weighted by Crippen LogP contribution is 2.28. The van der Waals surface area contributed by atoms with E-state index in [0.717, 1.165) is 22.0 Å². The fourth-order valence-electron chi connectivity index (χ4n) is 2.90. The van der Waals surface area contributed by atoms with Gasteiger partial charge in [0.2, 0.25) is 0 Å². The second kappa shape index (κ2) is 7.46. The molecule has 0 radical (unpaired) electrons. The van der Waals surface area contributed by atoms with E-state index in [2.05, 4.69) is 10.00 Å². The van der Waals surface area contributed by atoms with Gasteiger partial charge in [-0.25, -0.2) is 4.79 Å². The molecule has 140 valence electrons. The van der Waals surface area contributed by atoms with Crippen LogP contribution in [0.25, 0.3) is 0 Å². The Kier molecular flexibility index (Phi) is 5.28. The monoisotopic (exact) mass is 368 g/mol. The van der Waals surface area contributed by atoms with E-state index in [1.807, 2.05) is 24.3 Å². The van der Waals surface area contributed by atoms with Crippen molar-refractivity contribution in [1.82, 2.24) is 19.6 Å². The minimum atomic E-state index is -4.51. The average molecular weight is 368 g/mol. The van der Waals surface area contributed by atoms with Crippen LogP contribution in [0.4, 0.5) is 18.0 Å². The molecule has 1 aliphatic heterocycles. The predicted molar refractivity (Wildman–Crippen MR) is 87.2 cm³/mol. The van der Waals surface area contributed by atoms with Gasteiger partial charge in [-0.2, -0.15) is 23.0 Å². The third kappa shape index (κ3) is 4.23. The number of benzene rings is 1. The van der Waals surface area contributed by atoms with Crippen molar-refractivity contribution in [3.8, 4) is 0 Å². The van der Waals surface area contributed by atoms with Crippen molar-refractivity contribution in [2.24, 2.45) is 0 Å². The second-order valence-corrected chi connectivity index (χ2v) is 6.20. The number of amides is 1. The zero-order chi connectivity index (χ0) is 18.7. The molecule has 1 saturated heterocycles. The van der Waals surface area contributed by atoms with E-state index in [4.69, 9.17) is 0 Å². The number of halogens is 3. The first kappa shape index (κ1) is 18.4. The van der Waals surface area contributed by atoms with E-state index in [9.17, 15) is 23.1 Å². The Bertz CT molecular complexity index is 767. The summed E-state index contributed by atoms with van der Waals surface area (Å²) in [5.41, 5.74) is 0.974. The minimum Gasteiger partial charge on any atom is -0.392 e. The van der Waals surface area contributed by atoms with Crippen LogP contribution in [0, 0.1) is 0 Å². The molecule has 1 aliphatic rings. The summed E-state index contributed by atoms with van der Waals surface area (Å²) in [6.07, 6.45) is -3.14. The fraction of sp³-hybridized carbons (Fsp3) is 0.412. The smallest absolute Gasteiger partial charge is 0.392 e. The number of aliphatic hydroxyl groups excluding tert-OH is 1. The summed E-state index contributed by atoms with van der Waals surface area (Å²) in [6.45, 7) is 2.74. The van der Waals surface area contributed by atoms with Gasteiger partial charge in [-0.15, -0.1) is 0 Å². The van der Waals surface area contributed by atoms with Gasteiger partial charge in [0, 0.05) is 38.9 Å². The van der Waals surface area contributed by atoms with Crippen molar-refractivity contribution in [2.45, 2.75) is 19.3 Å². The van der Waals surface area contributed by atoms with E-state index >= 15 is 0 Å². The lowest BCUT2D eigenvalue weighted by Crippen LogP contribution is -2.49. The summed E-state index contributed by atoms with van der Waals surface area (Å²) in [4.78, 5) is 16.0. The van der Waals surface area contributed by atoms with Crippen molar-refractivity contribution < 1.29 is 23.1 Å². The van der Waals surface area contributed by atoms with Crippen LogP contribution in [0.3, 0.4) is 0 Å². The van der Waals surface area contributed by atoms with Gasteiger partial charge in [-0.3, -0.25) is 4.90 Å². The highest BCUT2D eigenvalue weighted by atomic mass is 19.4. The fourth-order valence-corrected chi connectivity index (χ4v) is 2.90. The molecule has 0 unspecified atom stereocenters. The molecule has 1 aromatic carbocycles. The normalized spacial score (nSPS) is 16.1. The number of carbonyl (C=O) groups is 1. The first-order chi connectivity index (χ1) is 12.4. The summed E-state index contributed by atoms with van der Waals surface area (Å²) in [5, 5.41) is 12.7. The summed E-state index contributed by atoms with van der Waals surface area (Å²) in [6, 6.07) is 7.08. The zero-order valence-electron chi connectivity index (χ0n) is 14.0. The van der Waals surface area contributed by atoms with Gasteiger partial charge in [0.25, 0.3) is 0 Å². The number of carbonyl (C=O) groups excluding carboxylic acids is 1. The van der Waals surface area contributed by atoms with Crippen LogP contribution >= 0.6 is 0 Å². The van der Waals surface area contributed by atoms with Gasteiger partial charge in [0.1, 0.15) is 0 Å². The van der Waals surface area contributed by atoms with E-state index in [-0.39, 0.29) is 6.61 Å². The van der Waals surface area contributed by atoms with Crippen molar-refractivity contribution >= 4 is 6.03 Å². The maximum Gasteiger partial charge on any atom is 0.419 e. The van der Waals surface area contributed by atoms with E-state index in [1.54, 1.807) is 0 Å². The summed E-state index contributed by atoms with van der Waals surface area (Å²) < 4.78 is 38.6. The zero-order valence-corrected chi connectivity index (χ0v) is 14.0. The lowest BCUT2D eigenvalue weighted by molar-refractivity contribution is -0.137. The third-order valence-electron chi connectivity index (χ3n) is 4.33. The standard InChI is InChI=1S/C17H19F3N4O2/c18-17(19,20)15-9-21-24(11-15)16(26)23-6-4-22(5-7-23)10-13-2-1-3-14(8-13)12-25/h1-3,8-9,11,25H,4-7,10,12H2. The van der Waals surface area contributed by atoms with Crippen molar-refractivity contribution in [2.75, 3.05) is 26.2 Å². The highest BCUT2D eigenvalue weighted by Gasteiger charge is 2.33. The lowest BCUT2D eigenvalue weighted by Gasteiger charge is -2.34. The van der Waals surface area contributed by atoms with Crippen LogP contribution in [-0.2, 0) is 19.3 Å². The van der Waals surface area contributed by atoms with Crippen LogP contribution in [0.15, 0.2) is 36.7 Å². The van der Waals surface area contributed by atoms with Gasteiger partial charge in [0.15, 0.2) is 0 Å². The summed E-state index contributed by atoms with van der Waals surface area (Å²) in [5.74, 6) is 0. The molecular weight excluding hydrogens is 349 g/mol. The molecule has 2 aromatic rings. The van der Waals surface area contributed by atoms with Crippen LogP contribution in [0.5, 0.6) is 0 Å². The van der Waals surface area contributed by atoms with Gasteiger partial charge in [-0.1, -0.05) is 24.3 Å². The highest BCUT2D eigenvalue weighted by molar-refractivity contribution is 5.76. The Balaban J connectivity index is 1.56. The number of aliphatic hydroxyl groups is 1. The molecule has 1 aromatic heterocycles. The Morgan fingerprint density at radius 3 is 2.46 bits per heavy atom. The number of hydrogen-bond acceptors (Lipinski definition) is 4. The van der Waals surface area contributed by atoms with Gasteiger partial charge in [0.05, 0.1) is 18.4 Å². The van der Waals surface area contributed by atoms with Gasteiger partial charge < -0.3 is 10.0 Å². The Morgan fingerprint density at radius 1 is 1.15 bits per heavy atom. The Morgan fingerprint density at radius 2 is 1.85 bits per heavy atom. The predicted octanol–water partition coefficient (Wildman–Crippen LogP) is 2.18. The van der Waals surface area contributed by atoms with Crippen LogP contribution in [0.2, 0.25) is 0 Å². The summed E-state index contributed by atoms with van der Waals surface area (Å²) in [7, 11) is 0. The van der Waals surface area contributed by atoms with Crippen LogP contribution in [-0.4, -0.2) is 56.9 Å². The molecule has 6 nitrogen and oxygen atoms in total. The largest absolute Gasteiger partial charge is 0.419 e. The first-order valence-electron chi connectivity index (χ1n) is 8.19. The summed E-state index contributed by atoms with van der Waals surface area (Å²) >= 11 is 0. The molecule has 1 fully saturated rings. The second-order valence-electron chi connectivity index (χ2n) is 6.20. The SMILES string of the molecule is O=C(N1CCN(Cc2cccc(CO)c2)CC1)n1cc(C(F)(F)F)cn1. The molecule has 1 amide bonds. The minimum absolute atomic E-state index is 0.0140. The number of alkyl halides is 3. The molecule has 3 rings (SSSR count). The number of piperazine rings is 1. The quantitative estimate of drug-likeness (QED) is 0.902. The number of rotatable bonds is 3. The molecule has 9 heteroatoms. The Labute approximate surface area is 148 Å².